The van der Waals surface area contributed by atoms with Crippen molar-refractivity contribution in [2.45, 2.75) is 16.5 Å². The van der Waals surface area contributed by atoms with Crippen LogP contribution in [0.4, 0.5) is 0 Å². The zero-order chi connectivity index (χ0) is 11.2. The summed E-state index contributed by atoms with van der Waals surface area (Å²) in [6.07, 6.45) is 0. The third-order valence-corrected chi connectivity index (χ3v) is 5.45. The zero-order valence-electron chi connectivity index (χ0n) is 8.04. The molecule has 2 aliphatic rings. The summed E-state index contributed by atoms with van der Waals surface area (Å²) >= 11 is 13.2. The molecule has 0 amide bonds. The summed E-state index contributed by atoms with van der Waals surface area (Å²) in [7, 11) is 0. The molecule has 0 aromatic heterocycles. The van der Waals surface area contributed by atoms with Gasteiger partial charge in [-0.3, -0.25) is 9.59 Å². The van der Waals surface area contributed by atoms with E-state index in [1.807, 2.05) is 0 Å². The lowest BCUT2D eigenvalue weighted by Crippen LogP contribution is -2.59. The highest BCUT2D eigenvalue weighted by atomic mass is 35.5. The number of alkyl halides is 2. The Morgan fingerprint density at radius 2 is 2.33 bits per heavy atom. The fraction of sp³-hybridized carbons (Fsp3) is 0.778. The third kappa shape index (κ3) is 1.58. The van der Waals surface area contributed by atoms with Crippen LogP contribution in [0.15, 0.2) is 0 Å². The van der Waals surface area contributed by atoms with Crippen molar-refractivity contribution in [1.82, 2.24) is 0 Å². The summed E-state index contributed by atoms with van der Waals surface area (Å²) in [6, 6.07) is 0. The van der Waals surface area contributed by atoms with Crippen LogP contribution in [-0.4, -0.2) is 33.7 Å². The maximum absolute atomic E-state index is 11.6. The number of carbonyl (C=O) groups is 2. The van der Waals surface area contributed by atoms with Crippen LogP contribution >= 0.6 is 35.0 Å². The monoisotopic (exact) mass is 268 g/mol. The molecule has 15 heavy (non-hydrogen) atoms. The SMILES string of the molecule is CCOC(=O)[C@H]1CS[C@H]2[C@@H]1C(=O)C2(Cl)Cl. The Balaban J connectivity index is 2.09. The van der Waals surface area contributed by atoms with E-state index in [0.29, 0.717) is 12.4 Å². The number of halogens is 2. The van der Waals surface area contributed by atoms with Crippen molar-refractivity contribution in [1.29, 1.82) is 0 Å². The maximum Gasteiger partial charge on any atom is 0.310 e. The van der Waals surface area contributed by atoms with Crippen molar-refractivity contribution >= 4 is 46.7 Å². The molecule has 0 aromatic rings. The Hall–Kier alpha value is 0.0700. The van der Waals surface area contributed by atoms with Gasteiger partial charge in [-0.1, -0.05) is 23.2 Å². The lowest BCUT2D eigenvalue weighted by molar-refractivity contribution is -0.153. The first-order valence-electron chi connectivity index (χ1n) is 4.70. The van der Waals surface area contributed by atoms with Gasteiger partial charge in [-0.05, 0) is 6.92 Å². The van der Waals surface area contributed by atoms with E-state index in [-0.39, 0.29) is 28.8 Å². The van der Waals surface area contributed by atoms with Gasteiger partial charge in [-0.2, -0.15) is 11.8 Å². The molecule has 0 aromatic carbocycles. The minimum absolute atomic E-state index is 0.150. The lowest BCUT2D eigenvalue weighted by atomic mass is 9.74. The fourth-order valence-electron chi connectivity index (χ4n) is 2.01. The average molecular weight is 269 g/mol. The summed E-state index contributed by atoms with van der Waals surface area (Å²) in [6.45, 7) is 2.08. The van der Waals surface area contributed by atoms with Crippen molar-refractivity contribution < 1.29 is 14.3 Å². The second-order valence-corrected chi connectivity index (χ2v) is 6.19. The molecule has 1 heterocycles. The molecule has 1 saturated carbocycles. The van der Waals surface area contributed by atoms with Gasteiger partial charge in [0.15, 0.2) is 10.1 Å². The topological polar surface area (TPSA) is 43.4 Å². The number of hydrogen-bond acceptors (Lipinski definition) is 4. The molecule has 0 unspecified atom stereocenters. The molecule has 84 valence electrons. The van der Waals surface area contributed by atoms with Crippen molar-refractivity contribution in [3.63, 3.8) is 0 Å². The molecule has 0 spiro atoms. The standard InChI is InChI=1S/C9H10Cl2O3S/c1-2-14-8(13)4-3-15-7-5(4)6(12)9(7,10)11/h4-5,7H,2-3H2,1H3/t4-,5-,7-/m0/s1. The molecule has 0 N–H and O–H groups in total. The Labute approximate surface area is 102 Å². The number of hydrogen-bond donors (Lipinski definition) is 0. The van der Waals surface area contributed by atoms with E-state index in [4.69, 9.17) is 27.9 Å². The molecular formula is C9H10Cl2O3S. The van der Waals surface area contributed by atoms with E-state index < -0.39 is 4.33 Å². The van der Waals surface area contributed by atoms with Crippen LogP contribution in [0, 0.1) is 11.8 Å². The minimum Gasteiger partial charge on any atom is -0.466 e. The second-order valence-electron chi connectivity index (χ2n) is 3.63. The Bertz CT molecular complexity index is 318. The van der Waals surface area contributed by atoms with Crippen LogP contribution in [0.2, 0.25) is 0 Å². The smallest absolute Gasteiger partial charge is 0.310 e. The predicted octanol–water partition coefficient (Wildman–Crippen LogP) is 1.65. The predicted molar refractivity (Wildman–Crippen MR) is 59.3 cm³/mol. The van der Waals surface area contributed by atoms with Gasteiger partial charge >= 0.3 is 5.97 Å². The summed E-state index contributed by atoms with van der Waals surface area (Å²) in [5.74, 6) is -0.683. The van der Waals surface area contributed by atoms with Gasteiger partial charge in [0.2, 0.25) is 0 Å². The first-order chi connectivity index (χ1) is 7.00. The Morgan fingerprint density at radius 3 is 2.93 bits per heavy atom. The van der Waals surface area contributed by atoms with Crippen molar-refractivity contribution in [2.75, 3.05) is 12.4 Å². The third-order valence-electron chi connectivity index (χ3n) is 2.79. The maximum atomic E-state index is 11.6. The molecule has 1 aliphatic heterocycles. The van der Waals surface area contributed by atoms with Gasteiger partial charge in [-0.15, -0.1) is 0 Å². The summed E-state index contributed by atoms with van der Waals surface area (Å²) in [4.78, 5) is 23.1. The van der Waals surface area contributed by atoms with Crippen LogP contribution in [0.3, 0.4) is 0 Å². The number of ketones is 1. The highest BCUT2D eigenvalue weighted by Crippen LogP contribution is 2.58. The van der Waals surface area contributed by atoms with Gasteiger partial charge in [-0.25, -0.2) is 0 Å². The number of ether oxygens (including phenoxy) is 1. The number of rotatable bonds is 2. The summed E-state index contributed by atoms with van der Waals surface area (Å²) < 4.78 is 3.61. The molecule has 1 aliphatic carbocycles. The van der Waals surface area contributed by atoms with Crippen molar-refractivity contribution in [2.24, 2.45) is 11.8 Å². The fourth-order valence-corrected chi connectivity index (χ4v) is 4.51. The van der Waals surface area contributed by atoms with Gasteiger partial charge < -0.3 is 4.74 Å². The first-order valence-corrected chi connectivity index (χ1v) is 6.51. The quantitative estimate of drug-likeness (QED) is 0.565. The molecular weight excluding hydrogens is 259 g/mol. The Kier molecular flexibility index (Phi) is 2.95. The van der Waals surface area contributed by atoms with Crippen LogP contribution in [0.25, 0.3) is 0 Å². The molecule has 1 saturated heterocycles. The van der Waals surface area contributed by atoms with Crippen molar-refractivity contribution in [3.05, 3.63) is 0 Å². The number of carbonyl (C=O) groups excluding carboxylic acids is 2. The lowest BCUT2D eigenvalue weighted by Gasteiger charge is -2.41. The minimum atomic E-state index is -1.30. The van der Waals surface area contributed by atoms with Crippen molar-refractivity contribution in [3.8, 4) is 0 Å². The van der Waals surface area contributed by atoms with E-state index in [9.17, 15) is 9.59 Å². The zero-order valence-corrected chi connectivity index (χ0v) is 10.4. The normalized spacial score (nSPS) is 37.0. The number of thioether (sulfide) groups is 1. The summed E-state index contributed by atoms with van der Waals surface area (Å²) in [5, 5.41) is -0.150. The van der Waals surface area contributed by atoms with Crippen LogP contribution in [0.1, 0.15) is 6.92 Å². The molecule has 0 bridgehead atoms. The highest BCUT2D eigenvalue weighted by Gasteiger charge is 2.67. The molecule has 2 rings (SSSR count). The van der Waals surface area contributed by atoms with Gasteiger partial charge in [0.1, 0.15) is 0 Å². The molecule has 2 fully saturated rings. The first kappa shape index (κ1) is 11.6. The van der Waals surface area contributed by atoms with E-state index in [1.54, 1.807) is 6.92 Å². The van der Waals surface area contributed by atoms with Crippen LogP contribution in [0.5, 0.6) is 0 Å². The van der Waals surface area contributed by atoms with Crippen LogP contribution < -0.4 is 0 Å². The number of Topliss-reactive ketones (excluding diaryl/α,β-unsaturated/α-hetero) is 1. The van der Waals surface area contributed by atoms with E-state index in [1.165, 1.54) is 11.8 Å². The van der Waals surface area contributed by atoms with E-state index >= 15 is 0 Å². The Morgan fingerprint density at radius 1 is 1.67 bits per heavy atom. The highest BCUT2D eigenvalue weighted by molar-refractivity contribution is 8.00. The summed E-state index contributed by atoms with van der Waals surface area (Å²) in [5.41, 5.74) is 0. The van der Waals surface area contributed by atoms with Gasteiger partial charge in [0, 0.05) is 5.75 Å². The molecule has 0 radical (unpaired) electrons. The number of esters is 1. The van der Waals surface area contributed by atoms with Gasteiger partial charge in [0.25, 0.3) is 0 Å². The number of fused-ring (bicyclic) bond motifs is 1. The molecule has 6 heteroatoms. The van der Waals surface area contributed by atoms with E-state index in [2.05, 4.69) is 0 Å². The average Bonchev–Trinajstić information content (AvgIpc) is 2.59. The molecule has 3 atom stereocenters. The van der Waals surface area contributed by atoms with E-state index in [0.717, 1.165) is 0 Å². The largest absolute Gasteiger partial charge is 0.466 e. The van der Waals surface area contributed by atoms with Crippen LogP contribution in [-0.2, 0) is 14.3 Å². The molecule has 3 nitrogen and oxygen atoms in total. The second kappa shape index (κ2) is 3.82. The van der Waals surface area contributed by atoms with Gasteiger partial charge in [0.05, 0.1) is 23.7 Å².